The van der Waals surface area contributed by atoms with E-state index in [1.165, 1.54) is 0 Å². The Kier molecular flexibility index (Phi) is 9.50. The molecule has 0 aromatic heterocycles. The van der Waals surface area contributed by atoms with Gasteiger partial charge in [0.25, 0.3) is 0 Å². The summed E-state index contributed by atoms with van der Waals surface area (Å²) in [6.07, 6.45) is -10.2. The van der Waals surface area contributed by atoms with Crippen LogP contribution in [0.3, 0.4) is 0 Å². The van der Waals surface area contributed by atoms with E-state index in [4.69, 9.17) is 19.8 Å². The molecule has 158 valence electrons. The molecule has 0 aromatic rings. The van der Waals surface area contributed by atoms with Crippen molar-refractivity contribution in [1.82, 2.24) is 15.1 Å². The molecule has 2 heterocycles. The maximum absolute atomic E-state index is 11.8. The van der Waals surface area contributed by atoms with Gasteiger partial charge in [-0.05, 0) is 7.05 Å². The van der Waals surface area contributed by atoms with Crippen molar-refractivity contribution in [3.05, 3.63) is 0 Å². The molecule has 0 radical (unpaired) electrons. The number of halogens is 6. The zero-order chi connectivity index (χ0) is 21.4. The van der Waals surface area contributed by atoms with Gasteiger partial charge in [-0.15, -0.1) is 0 Å². The molecular weight excluding hydrogens is 392 g/mol. The second-order valence-electron chi connectivity index (χ2n) is 5.59. The number of carbonyl (C=O) groups is 3. The number of nitrogens with one attached hydrogen (secondary N) is 1. The predicted molar refractivity (Wildman–Crippen MR) is 77.8 cm³/mol. The van der Waals surface area contributed by atoms with E-state index in [1.807, 2.05) is 4.90 Å². The molecule has 1 amide bonds. The largest absolute Gasteiger partial charge is 0.490 e. The number of hydrogen-bond donors (Lipinski definition) is 3. The first-order valence-corrected chi connectivity index (χ1v) is 7.44. The van der Waals surface area contributed by atoms with E-state index in [-0.39, 0.29) is 5.92 Å². The van der Waals surface area contributed by atoms with Gasteiger partial charge in [-0.1, -0.05) is 0 Å². The van der Waals surface area contributed by atoms with Crippen LogP contribution in [0.4, 0.5) is 26.3 Å². The van der Waals surface area contributed by atoms with Crippen LogP contribution in [0.5, 0.6) is 0 Å². The molecule has 8 nitrogen and oxygen atoms in total. The van der Waals surface area contributed by atoms with Gasteiger partial charge in [-0.25, -0.2) is 9.59 Å². The van der Waals surface area contributed by atoms with Crippen molar-refractivity contribution >= 4 is 17.8 Å². The summed E-state index contributed by atoms with van der Waals surface area (Å²) in [5, 5.41) is 17.4. The zero-order valence-corrected chi connectivity index (χ0v) is 14.1. The maximum atomic E-state index is 11.8. The molecule has 2 rings (SSSR count). The number of likely N-dealkylation sites (N-methyl/N-ethyl adjacent to an activating group) is 1. The van der Waals surface area contributed by atoms with Gasteiger partial charge in [-0.3, -0.25) is 4.79 Å². The van der Waals surface area contributed by atoms with E-state index < -0.39 is 24.3 Å². The Morgan fingerprint density at radius 3 is 1.41 bits per heavy atom. The van der Waals surface area contributed by atoms with Crippen molar-refractivity contribution in [2.24, 2.45) is 5.92 Å². The molecule has 27 heavy (non-hydrogen) atoms. The Hall–Kier alpha value is -2.09. The zero-order valence-electron chi connectivity index (χ0n) is 14.1. The molecule has 0 unspecified atom stereocenters. The van der Waals surface area contributed by atoms with Gasteiger partial charge in [0.05, 0.1) is 5.92 Å². The molecule has 0 atom stereocenters. The molecule has 0 spiro atoms. The third-order valence-corrected chi connectivity index (χ3v) is 3.43. The van der Waals surface area contributed by atoms with Gasteiger partial charge in [-0.2, -0.15) is 26.3 Å². The molecule has 2 aliphatic heterocycles. The number of alkyl halides is 6. The molecular formula is C13H19F6N3O5. The van der Waals surface area contributed by atoms with E-state index in [0.717, 1.165) is 39.3 Å². The summed E-state index contributed by atoms with van der Waals surface area (Å²) in [6.45, 7) is 5.62. The molecule has 0 bridgehead atoms. The quantitative estimate of drug-likeness (QED) is 0.531. The molecule has 0 aliphatic carbocycles. The van der Waals surface area contributed by atoms with E-state index in [9.17, 15) is 31.1 Å². The number of carboxylic acid groups (broad SMARTS) is 2. The predicted octanol–water partition coefficient (Wildman–Crippen LogP) is 0.246. The molecule has 2 fully saturated rings. The van der Waals surface area contributed by atoms with Crippen molar-refractivity contribution in [1.29, 1.82) is 0 Å². The number of aliphatic carboxylic acids is 2. The summed E-state index contributed by atoms with van der Waals surface area (Å²) in [5.74, 6) is -4.89. The van der Waals surface area contributed by atoms with Gasteiger partial charge in [0.15, 0.2) is 0 Å². The minimum atomic E-state index is -5.08. The number of amides is 1. The first kappa shape index (κ1) is 24.9. The van der Waals surface area contributed by atoms with Gasteiger partial charge in [0, 0.05) is 39.3 Å². The highest BCUT2D eigenvalue weighted by Crippen LogP contribution is 2.13. The Labute approximate surface area is 149 Å². The van der Waals surface area contributed by atoms with Crippen molar-refractivity contribution in [2.75, 3.05) is 46.3 Å². The van der Waals surface area contributed by atoms with Crippen LogP contribution in [-0.4, -0.2) is 96.5 Å². The second-order valence-corrected chi connectivity index (χ2v) is 5.59. The van der Waals surface area contributed by atoms with Crippen LogP contribution in [0, 0.1) is 5.92 Å². The lowest BCUT2D eigenvalue weighted by Gasteiger charge is -2.37. The Bertz CT molecular complexity index is 490. The number of nitrogens with zero attached hydrogens (tertiary/aromatic N) is 2. The summed E-state index contributed by atoms with van der Waals surface area (Å²) in [4.78, 5) is 33.8. The van der Waals surface area contributed by atoms with E-state index in [2.05, 4.69) is 17.3 Å². The fourth-order valence-corrected chi connectivity index (χ4v) is 1.75. The minimum absolute atomic E-state index is 0.267. The second kappa shape index (κ2) is 10.3. The van der Waals surface area contributed by atoms with Gasteiger partial charge >= 0.3 is 24.3 Å². The maximum Gasteiger partial charge on any atom is 0.490 e. The fourth-order valence-electron chi connectivity index (χ4n) is 1.75. The van der Waals surface area contributed by atoms with Crippen LogP contribution < -0.4 is 5.32 Å². The number of hydrogen-bond acceptors (Lipinski definition) is 5. The lowest BCUT2D eigenvalue weighted by atomic mass is 10.0. The Balaban J connectivity index is 0.000000416. The highest BCUT2D eigenvalue weighted by Gasteiger charge is 2.38. The van der Waals surface area contributed by atoms with Crippen LogP contribution >= 0.6 is 0 Å². The highest BCUT2D eigenvalue weighted by molar-refractivity contribution is 5.80. The summed E-state index contributed by atoms with van der Waals surface area (Å²) in [5.41, 5.74) is 0. The first-order valence-electron chi connectivity index (χ1n) is 7.44. The van der Waals surface area contributed by atoms with Crippen molar-refractivity contribution in [3.63, 3.8) is 0 Å². The van der Waals surface area contributed by atoms with Crippen molar-refractivity contribution < 1.29 is 50.9 Å². The third-order valence-electron chi connectivity index (χ3n) is 3.43. The van der Waals surface area contributed by atoms with E-state index in [0.29, 0.717) is 5.91 Å². The summed E-state index contributed by atoms with van der Waals surface area (Å²) in [7, 11) is 2.10. The van der Waals surface area contributed by atoms with Crippen LogP contribution in [0.1, 0.15) is 0 Å². The number of piperazine rings is 1. The molecule has 3 N–H and O–H groups in total. The van der Waals surface area contributed by atoms with Crippen LogP contribution in [0.2, 0.25) is 0 Å². The number of carbonyl (C=O) groups excluding carboxylic acids is 1. The highest BCUT2D eigenvalue weighted by atomic mass is 19.4. The molecule has 0 saturated carbocycles. The van der Waals surface area contributed by atoms with Crippen LogP contribution in [0.25, 0.3) is 0 Å². The number of carboxylic acids is 2. The first-order chi connectivity index (χ1) is 12.2. The molecule has 2 aliphatic rings. The van der Waals surface area contributed by atoms with Crippen molar-refractivity contribution in [2.45, 2.75) is 12.4 Å². The van der Waals surface area contributed by atoms with Crippen molar-refractivity contribution in [3.8, 4) is 0 Å². The molecule has 2 saturated heterocycles. The van der Waals surface area contributed by atoms with E-state index >= 15 is 0 Å². The monoisotopic (exact) mass is 411 g/mol. The lowest BCUT2D eigenvalue weighted by molar-refractivity contribution is -0.193. The fraction of sp³-hybridized carbons (Fsp3) is 0.769. The smallest absolute Gasteiger partial charge is 0.475 e. The van der Waals surface area contributed by atoms with Crippen LogP contribution in [0.15, 0.2) is 0 Å². The third kappa shape index (κ3) is 9.98. The topological polar surface area (TPSA) is 110 Å². The van der Waals surface area contributed by atoms with Gasteiger partial charge in [0.1, 0.15) is 0 Å². The summed E-state index contributed by atoms with van der Waals surface area (Å²) < 4.78 is 63.5. The minimum Gasteiger partial charge on any atom is -0.475 e. The Morgan fingerprint density at radius 1 is 0.852 bits per heavy atom. The average molecular weight is 411 g/mol. The van der Waals surface area contributed by atoms with Gasteiger partial charge in [0.2, 0.25) is 5.91 Å². The SMILES string of the molecule is CN1CCN(C(=O)C2CNC2)CC1.O=C(O)C(F)(F)F.O=C(O)C(F)(F)F. The van der Waals surface area contributed by atoms with Gasteiger partial charge < -0.3 is 25.3 Å². The lowest BCUT2D eigenvalue weighted by Crippen LogP contribution is -2.56. The normalized spacial score (nSPS) is 18.3. The Morgan fingerprint density at radius 2 is 1.19 bits per heavy atom. The molecule has 14 heteroatoms. The summed E-state index contributed by atoms with van der Waals surface area (Å²) >= 11 is 0. The molecule has 0 aromatic carbocycles. The van der Waals surface area contributed by atoms with E-state index in [1.54, 1.807) is 0 Å². The standard InChI is InChI=1S/C9H17N3O.2C2HF3O2/c1-11-2-4-12(5-3-11)9(13)8-6-10-7-8;2*3-2(4,5)1(6)7/h8,10H,2-7H2,1H3;2*(H,6,7). The summed E-state index contributed by atoms with van der Waals surface area (Å²) in [6, 6.07) is 0. The number of rotatable bonds is 1. The van der Waals surface area contributed by atoms with Crippen LogP contribution in [-0.2, 0) is 14.4 Å². The average Bonchev–Trinajstić information content (AvgIpc) is 2.45.